The summed E-state index contributed by atoms with van der Waals surface area (Å²) in [5, 5.41) is 2.42. The molecule has 0 radical (unpaired) electrons. The van der Waals surface area contributed by atoms with Crippen LogP contribution in [0.25, 0.3) is 22.0 Å². The highest BCUT2D eigenvalue weighted by atomic mass is 19.1. The molecule has 0 spiro atoms. The Morgan fingerprint density at radius 2 is 1.74 bits per heavy atom. The zero-order valence-electron chi connectivity index (χ0n) is 23.0. The van der Waals surface area contributed by atoms with Crippen molar-refractivity contribution in [2.24, 2.45) is 0 Å². The molecule has 0 saturated carbocycles. The maximum absolute atomic E-state index is 16.1. The van der Waals surface area contributed by atoms with Gasteiger partial charge in [-0.2, -0.15) is 0 Å². The molecule has 0 aliphatic carbocycles. The molecule has 42 heavy (non-hydrogen) atoms. The molecule has 3 aromatic carbocycles. The molecular formula is C33H29F2N5O2. The molecule has 5 aromatic rings. The van der Waals surface area contributed by atoms with Crippen LogP contribution in [0, 0.1) is 11.6 Å². The smallest absolute Gasteiger partial charge is 0.265 e. The Labute approximate surface area is 241 Å². The van der Waals surface area contributed by atoms with E-state index in [0.717, 1.165) is 36.6 Å². The van der Waals surface area contributed by atoms with E-state index in [9.17, 15) is 14.0 Å². The topological polar surface area (TPSA) is 80.1 Å². The monoisotopic (exact) mass is 565 g/mol. The molecular weight excluding hydrogens is 536 g/mol. The predicted molar refractivity (Wildman–Crippen MR) is 158 cm³/mol. The van der Waals surface area contributed by atoms with Crippen molar-refractivity contribution < 1.29 is 13.6 Å². The molecule has 3 heterocycles. The number of aromatic nitrogens is 3. The number of carbonyl (C=O) groups excluding carboxylic acids is 1. The number of anilines is 1. The summed E-state index contributed by atoms with van der Waals surface area (Å²) in [6, 6.07) is 20.0. The fourth-order valence-corrected chi connectivity index (χ4v) is 5.61. The van der Waals surface area contributed by atoms with Crippen LogP contribution in [0.2, 0.25) is 0 Å². The largest absolute Gasteiger partial charge is 0.309 e. The minimum Gasteiger partial charge on any atom is -0.309 e. The lowest BCUT2D eigenvalue weighted by Crippen LogP contribution is -2.35. The molecule has 2 aromatic heterocycles. The van der Waals surface area contributed by atoms with Crippen LogP contribution >= 0.6 is 0 Å². The molecule has 212 valence electrons. The number of rotatable bonds is 6. The van der Waals surface area contributed by atoms with Gasteiger partial charge in [0.2, 0.25) is 0 Å². The van der Waals surface area contributed by atoms with E-state index in [0.29, 0.717) is 11.5 Å². The number of nitrogens with one attached hydrogen (secondary N) is 1. The van der Waals surface area contributed by atoms with E-state index in [1.807, 2.05) is 24.3 Å². The second-order valence-corrected chi connectivity index (χ2v) is 10.6. The van der Waals surface area contributed by atoms with E-state index in [1.165, 1.54) is 36.3 Å². The van der Waals surface area contributed by atoms with Crippen LogP contribution in [-0.4, -0.2) is 45.5 Å². The summed E-state index contributed by atoms with van der Waals surface area (Å²) in [7, 11) is 2.12. The third-order valence-corrected chi connectivity index (χ3v) is 7.91. The Hall–Kier alpha value is -4.76. The molecule has 7 nitrogen and oxygen atoms in total. The number of piperidine rings is 1. The molecule has 0 bridgehead atoms. The fourth-order valence-electron chi connectivity index (χ4n) is 5.61. The van der Waals surface area contributed by atoms with Crippen molar-refractivity contribution >= 4 is 22.6 Å². The number of carbonyl (C=O) groups is 1. The quantitative estimate of drug-likeness (QED) is 0.283. The van der Waals surface area contributed by atoms with Crippen LogP contribution in [0.3, 0.4) is 0 Å². The minimum absolute atomic E-state index is 0.156. The van der Waals surface area contributed by atoms with Crippen LogP contribution < -0.4 is 10.9 Å². The normalized spacial score (nSPS) is 15.0. The molecule has 6 rings (SSSR count). The number of nitrogens with zero attached hydrogens (tertiary/aromatic N) is 4. The van der Waals surface area contributed by atoms with Crippen LogP contribution in [0.5, 0.6) is 0 Å². The van der Waals surface area contributed by atoms with Gasteiger partial charge in [-0.05, 0) is 92.0 Å². The number of halogens is 2. The van der Waals surface area contributed by atoms with E-state index in [1.54, 1.807) is 30.3 Å². The third-order valence-electron chi connectivity index (χ3n) is 7.91. The average molecular weight is 566 g/mol. The van der Waals surface area contributed by atoms with Gasteiger partial charge in [-0.25, -0.2) is 18.7 Å². The summed E-state index contributed by atoms with van der Waals surface area (Å²) >= 11 is 0. The Morgan fingerprint density at radius 3 is 2.45 bits per heavy atom. The number of hydrogen-bond donors (Lipinski definition) is 1. The van der Waals surface area contributed by atoms with Gasteiger partial charge in [0.25, 0.3) is 11.5 Å². The van der Waals surface area contributed by atoms with Gasteiger partial charge >= 0.3 is 0 Å². The third kappa shape index (κ3) is 5.43. The van der Waals surface area contributed by atoms with Gasteiger partial charge in [0.15, 0.2) is 0 Å². The van der Waals surface area contributed by atoms with Gasteiger partial charge in [0.1, 0.15) is 28.9 Å². The Morgan fingerprint density at radius 1 is 0.952 bits per heavy atom. The fraction of sp³-hybridized carbons (Fsp3) is 0.212. The highest BCUT2D eigenvalue weighted by molar-refractivity contribution is 5.95. The van der Waals surface area contributed by atoms with Crippen molar-refractivity contribution in [3.63, 3.8) is 0 Å². The van der Waals surface area contributed by atoms with Crippen LogP contribution in [-0.2, 0) is 4.79 Å². The minimum atomic E-state index is -1.33. The van der Waals surface area contributed by atoms with Gasteiger partial charge in [0, 0.05) is 11.8 Å². The van der Waals surface area contributed by atoms with Gasteiger partial charge < -0.3 is 10.2 Å². The molecule has 1 amide bonds. The van der Waals surface area contributed by atoms with Gasteiger partial charge in [-0.1, -0.05) is 42.5 Å². The first kappa shape index (κ1) is 27.4. The number of amides is 1. The molecule has 1 N–H and O–H groups in total. The first-order valence-corrected chi connectivity index (χ1v) is 13.8. The number of benzene rings is 3. The highest BCUT2D eigenvalue weighted by Crippen LogP contribution is 2.32. The SMILES string of the molecule is CN1CCC(c2ccc(-c3ccc4ncn(C(C(=O)Nc5ccccn5)c5cccc(F)c5)c(=O)c4c3F)cc2)CC1. The molecule has 1 aliphatic rings. The Kier molecular flexibility index (Phi) is 7.58. The van der Waals surface area contributed by atoms with Gasteiger partial charge in [-0.3, -0.25) is 14.2 Å². The second-order valence-electron chi connectivity index (χ2n) is 10.6. The summed E-state index contributed by atoms with van der Waals surface area (Å²) in [6.07, 6.45) is 4.85. The van der Waals surface area contributed by atoms with Crippen molar-refractivity contribution in [1.82, 2.24) is 19.4 Å². The number of likely N-dealkylation sites (tertiary alicyclic amines) is 1. The lowest BCUT2D eigenvalue weighted by molar-refractivity contribution is -0.118. The first-order chi connectivity index (χ1) is 20.4. The van der Waals surface area contributed by atoms with Gasteiger partial charge in [0.05, 0.1) is 11.8 Å². The van der Waals surface area contributed by atoms with Crippen LogP contribution in [0.4, 0.5) is 14.6 Å². The average Bonchev–Trinajstić information content (AvgIpc) is 3.00. The van der Waals surface area contributed by atoms with Crippen molar-refractivity contribution in [2.45, 2.75) is 24.8 Å². The molecule has 1 saturated heterocycles. The van der Waals surface area contributed by atoms with Crippen molar-refractivity contribution in [2.75, 3.05) is 25.5 Å². The van der Waals surface area contributed by atoms with Crippen molar-refractivity contribution in [1.29, 1.82) is 0 Å². The summed E-state index contributed by atoms with van der Waals surface area (Å²) in [6.45, 7) is 2.09. The summed E-state index contributed by atoms with van der Waals surface area (Å²) in [5.41, 5.74) is 1.71. The standard InChI is InChI=1S/C33H29F2N5O2/c1-39-17-14-22(15-18-39)21-8-10-23(11-9-21)26-12-13-27-29(30(26)35)33(42)40(20-37-27)31(24-5-4-6-25(34)19-24)32(41)38-28-7-2-3-16-36-28/h2-13,16,19-20,22,31H,14-15,17-18H2,1H3,(H,36,38,41). The van der Waals surface area contributed by atoms with E-state index in [-0.39, 0.29) is 27.8 Å². The second kappa shape index (κ2) is 11.6. The highest BCUT2D eigenvalue weighted by Gasteiger charge is 2.27. The maximum atomic E-state index is 16.1. The lowest BCUT2D eigenvalue weighted by atomic mass is 9.88. The summed E-state index contributed by atoms with van der Waals surface area (Å²) in [5.74, 6) is -1.24. The van der Waals surface area contributed by atoms with E-state index in [2.05, 4.69) is 27.2 Å². The summed E-state index contributed by atoms with van der Waals surface area (Å²) in [4.78, 5) is 38.1. The number of pyridine rings is 1. The molecule has 1 fully saturated rings. The zero-order valence-corrected chi connectivity index (χ0v) is 23.0. The lowest BCUT2D eigenvalue weighted by Gasteiger charge is -2.29. The molecule has 9 heteroatoms. The van der Waals surface area contributed by atoms with Crippen LogP contribution in [0.1, 0.15) is 35.9 Å². The predicted octanol–water partition coefficient (Wildman–Crippen LogP) is 5.77. The van der Waals surface area contributed by atoms with E-state index in [4.69, 9.17) is 0 Å². The maximum Gasteiger partial charge on any atom is 0.265 e. The Bertz CT molecular complexity index is 1800. The first-order valence-electron chi connectivity index (χ1n) is 13.8. The van der Waals surface area contributed by atoms with Crippen molar-refractivity contribution in [3.05, 3.63) is 125 Å². The van der Waals surface area contributed by atoms with Crippen molar-refractivity contribution in [3.8, 4) is 11.1 Å². The van der Waals surface area contributed by atoms with Crippen LogP contribution in [0.15, 0.2) is 96.2 Å². The molecule has 1 unspecified atom stereocenters. The molecule has 1 atom stereocenters. The number of fused-ring (bicyclic) bond motifs is 1. The Balaban J connectivity index is 1.40. The van der Waals surface area contributed by atoms with E-state index < -0.39 is 29.1 Å². The zero-order chi connectivity index (χ0) is 29.2. The summed E-state index contributed by atoms with van der Waals surface area (Å²) < 4.78 is 31.4. The van der Waals surface area contributed by atoms with Gasteiger partial charge in [-0.15, -0.1) is 0 Å². The van der Waals surface area contributed by atoms with E-state index >= 15 is 4.39 Å². The molecule has 1 aliphatic heterocycles. The number of hydrogen-bond acceptors (Lipinski definition) is 5.